The fourth-order valence-corrected chi connectivity index (χ4v) is 8.02. The molecule has 1 heteroatoms. The zero-order valence-electron chi connectivity index (χ0n) is 24.8. The second-order valence-electron chi connectivity index (χ2n) is 11.6. The first kappa shape index (κ1) is 26.6. The van der Waals surface area contributed by atoms with E-state index in [1.807, 2.05) is 17.4 Å². The van der Waals surface area contributed by atoms with Crippen molar-refractivity contribution in [2.75, 3.05) is 0 Å². The summed E-state index contributed by atoms with van der Waals surface area (Å²) in [5.41, 5.74) is 9.98. The van der Waals surface area contributed by atoms with E-state index in [-0.39, 0.29) is 0 Å². The second-order valence-corrected chi connectivity index (χ2v) is 12.6. The van der Waals surface area contributed by atoms with E-state index >= 15 is 0 Å². The van der Waals surface area contributed by atoms with Crippen molar-refractivity contribution in [3.05, 3.63) is 151 Å². The van der Waals surface area contributed by atoms with Gasteiger partial charge in [0.15, 0.2) is 0 Å². The van der Waals surface area contributed by atoms with Crippen LogP contribution in [0.5, 0.6) is 0 Å². The summed E-state index contributed by atoms with van der Waals surface area (Å²) in [5, 5.41) is 7.71. The van der Waals surface area contributed by atoms with E-state index in [4.69, 9.17) is 0 Å². The summed E-state index contributed by atoms with van der Waals surface area (Å²) in [6.45, 7) is 6.41. The highest BCUT2D eigenvalue weighted by atomic mass is 32.1. The highest BCUT2D eigenvalue weighted by Crippen LogP contribution is 2.43. The molecule has 6 aromatic carbocycles. The summed E-state index contributed by atoms with van der Waals surface area (Å²) in [7, 11) is 0. The molecular formula is C43H32S. The van der Waals surface area contributed by atoms with Crippen molar-refractivity contribution in [2.45, 2.75) is 19.8 Å². The smallest absolute Gasteiger partial charge is 0.0355 e. The van der Waals surface area contributed by atoms with Crippen molar-refractivity contribution in [3.63, 3.8) is 0 Å². The Labute approximate surface area is 262 Å². The Morgan fingerprint density at radius 2 is 1.27 bits per heavy atom. The molecule has 0 saturated carbocycles. The Kier molecular flexibility index (Phi) is 6.62. The number of hydrogen-bond donors (Lipinski definition) is 0. The lowest BCUT2D eigenvalue weighted by Gasteiger charge is -2.21. The monoisotopic (exact) mass is 580 g/mol. The number of hydrogen-bond acceptors (Lipinski definition) is 1. The van der Waals surface area contributed by atoms with Crippen LogP contribution in [-0.2, 0) is 0 Å². The number of benzene rings is 6. The highest BCUT2D eigenvalue weighted by Gasteiger charge is 2.20. The van der Waals surface area contributed by atoms with Crippen LogP contribution in [0.3, 0.4) is 0 Å². The van der Waals surface area contributed by atoms with Crippen LogP contribution < -0.4 is 0 Å². The molecule has 1 aliphatic rings. The van der Waals surface area contributed by atoms with E-state index in [2.05, 4.69) is 147 Å². The van der Waals surface area contributed by atoms with E-state index in [1.165, 1.54) is 86.2 Å². The molecule has 7 aromatic rings. The largest absolute Gasteiger partial charge is 0.135 e. The van der Waals surface area contributed by atoms with Gasteiger partial charge < -0.3 is 0 Å². The van der Waals surface area contributed by atoms with E-state index in [9.17, 15) is 0 Å². The van der Waals surface area contributed by atoms with Gasteiger partial charge in [0.05, 0.1) is 0 Å². The molecule has 44 heavy (non-hydrogen) atoms. The summed E-state index contributed by atoms with van der Waals surface area (Å²) < 4.78 is 2.68. The summed E-state index contributed by atoms with van der Waals surface area (Å²) in [5.74, 6) is 0. The van der Waals surface area contributed by atoms with Gasteiger partial charge in [0.2, 0.25) is 0 Å². The molecule has 0 fully saturated rings. The standard InChI is InChI=1S/C43H32S/c1-3-12-36-34(4-2)42(28-13-6-5-7-14-28)37-16-8-9-17-38(37)43(36)33-22-21-29-25-30(19-20-31(29)26-33)32-23-24-41-39(27-32)35-15-10-11-18-40(35)44-41/h3-4,6,8-27H,2,5,7H2,1H3/b12-3-. The van der Waals surface area contributed by atoms with E-state index in [0.29, 0.717) is 0 Å². The number of thiophene rings is 1. The fraction of sp³-hybridized carbons (Fsp3) is 0.0698. The normalized spacial score (nSPS) is 13.4. The van der Waals surface area contributed by atoms with Gasteiger partial charge in [-0.3, -0.25) is 0 Å². The molecule has 0 aliphatic heterocycles. The highest BCUT2D eigenvalue weighted by molar-refractivity contribution is 7.25. The Balaban J connectivity index is 1.29. The van der Waals surface area contributed by atoms with Crippen LogP contribution in [0.1, 0.15) is 36.5 Å². The van der Waals surface area contributed by atoms with Gasteiger partial charge in [-0.2, -0.15) is 0 Å². The van der Waals surface area contributed by atoms with Crippen LogP contribution in [0.25, 0.3) is 81.7 Å². The summed E-state index contributed by atoms with van der Waals surface area (Å²) in [6.07, 6.45) is 15.6. The third kappa shape index (κ3) is 4.35. The summed E-state index contributed by atoms with van der Waals surface area (Å²) in [6, 6.07) is 38.3. The van der Waals surface area contributed by atoms with Gasteiger partial charge in [-0.15, -0.1) is 11.3 Å². The molecule has 1 aliphatic carbocycles. The maximum Gasteiger partial charge on any atom is 0.0355 e. The maximum atomic E-state index is 4.31. The lowest BCUT2D eigenvalue weighted by Crippen LogP contribution is -1.99. The minimum Gasteiger partial charge on any atom is -0.135 e. The lowest BCUT2D eigenvalue weighted by molar-refractivity contribution is 1.04. The topological polar surface area (TPSA) is 0 Å². The van der Waals surface area contributed by atoms with Crippen LogP contribution in [0, 0.1) is 0 Å². The van der Waals surface area contributed by atoms with Gasteiger partial charge in [0, 0.05) is 20.2 Å². The van der Waals surface area contributed by atoms with Crippen LogP contribution in [-0.4, -0.2) is 0 Å². The molecule has 210 valence electrons. The molecule has 0 amide bonds. The SMILES string of the molecule is C=Cc1c(/C=C\C)c(-c2ccc3cc(-c4ccc5sc6ccccc6c5c4)ccc3c2)c2ccccc2c1C1=CCCC=C1. The number of allylic oxidation sites excluding steroid dienone is 5. The third-order valence-corrected chi connectivity index (χ3v) is 10.1. The number of rotatable bonds is 5. The average Bonchev–Trinajstić information content (AvgIpc) is 3.46. The van der Waals surface area contributed by atoms with Crippen molar-refractivity contribution in [3.8, 4) is 22.3 Å². The zero-order chi connectivity index (χ0) is 29.6. The van der Waals surface area contributed by atoms with Gasteiger partial charge in [-0.1, -0.05) is 116 Å². The lowest BCUT2D eigenvalue weighted by atomic mass is 9.82. The van der Waals surface area contributed by atoms with Gasteiger partial charge >= 0.3 is 0 Å². The molecule has 0 unspecified atom stereocenters. The molecule has 0 spiro atoms. The number of fused-ring (bicyclic) bond motifs is 5. The minimum absolute atomic E-state index is 1.07. The molecule has 0 saturated heterocycles. The van der Waals surface area contributed by atoms with E-state index in [1.54, 1.807) is 0 Å². The van der Waals surface area contributed by atoms with Crippen LogP contribution in [0.4, 0.5) is 0 Å². The molecular weight excluding hydrogens is 549 g/mol. The molecule has 0 atom stereocenters. The predicted octanol–water partition coefficient (Wildman–Crippen LogP) is 13.1. The molecule has 1 heterocycles. The average molecular weight is 581 g/mol. The van der Waals surface area contributed by atoms with Crippen LogP contribution in [0.15, 0.2) is 134 Å². The first-order chi connectivity index (χ1) is 21.7. The fourth-order valence-electron chi connectivity index (χ4n) is 6.94. The molecule has 0 bridgehead atoms. The Hall–Kier alpha value is -4.98. The zero-order valence-corrected chi connectivity index (χ0v) is 25.6. The maximum absolute atomic E-state index is 4.31. The molecule has 1 aromatic heterocycles. The second kappa shape index (κ2) is 10.9. The van der Waals surface area contributed by atoms with Crippen molar-refractivity contribution in [2.24, 2.45) is 0 Å². The van der Waals surface area contributed by atoms with Gasteiger partial charge in [-0.25, -0.2) is 0 Å². The van der Waals surface area contributed by atoms with Crippen molar-refractivity contribution in [1.82, 2.24) is 0 Å². The summed E-state index contributed by atoms with van der Waals surface area (Å²) in [4.78, 5) is 0. The minimum atomic E-state index is 1.07. The van der Waals surface area contributed by atoms with E-state index < -0.39 is 0 Å². The summed E-state index contributed by atoms with van der Waals surface area (Å²) >= 11 is 1.87. The first-order valence-electron chi connectivity index (χ1n) is 15.4. The molecule has 8 rings (SSSR count). The molecule has 0 nitrogen and oxygen atoms in total. The predicted molar refractivity (Wildman–Crippen MR) is 196 cm³/mol. The Morgan fingerprint density at radius 3 is 2.02 bits per heavy atom. The van der Waals surface area contributed by atoms with Crippen molar-refractivity contribution < 1.29 is 0 Å². The van der Waals surface area contributed by atoms with Gasteiger partial charge in [0.25, 0.3) is 0 Å². The first-order valence-corrected chi connectivity index (χ1v) is 16.2. The van der Waals surface area contributed by atoms with Crippen LogP contribution >= 0.6 is 11.3 Å². The van der Waals surface area contributed by atoms with E-state index in [0.717, 1.165) is 12.8 Å². The third-order valence-electron chi connectivity index (χ3n) is 8.95. The quantitative estimate of drug-likeness (QED) is 0.190. The van der Waals surface area contributed by atoms with Crippen molar-refractivity contribution in [1.29, 1.82) is 0 Å². The van der Waals surface area contributed by atoms with Gasteiger partial charge in [-0.05, 0) is 116 Å². The molecule has 0 N–H and O–H groups in total. The Bertz CT molecular complexity index is 2360. The molecule has 0 radical (unpaired) electrons. The van der Waals surface area contributed by atoms with Crippen LogP contribution in [0.2, 0.25) is 0 Å². The van der Waals surface area contributed by atoms with Gasteiger partial charge in [0.1, 0.15) is 0 Å². The Morgan fingerprint density at radius 1 is 0.614 bits per heavy atom. The van der Waals surface area contributed by atoms with Crippen molar-refractivity contribution >= 4 is 70.8 Å².